The minimum atomic E-state index is -0.955. The number of carboxylic acid groups (broad SMARTS) is 1. The number of rotatable bonds is 7. The molecule has 5 nitrogen and oxygen atoms in total. The van der Waals surface area contributed by atoms with E-state index in [2.05, 4.69) is 11.9 Å². The lowest BCUT2D eigenvalue weighted by molar-refractivity contribution is 0.0608. The van der Waals surface area contributed by atoms with E-state index in [-0.39, 0.29) is 5.56 Å². The third-order valence-electron chi connectivity index (χ3n) is 4.21. The van der Waals surface area contributed by atoms with Gasteiger partial charge < -0.3 is 19.5 Å². The summed E-state index contributed by atoms with van der Waals surface area (Å²) in [6, 6.07) is 5.35. The molecule has 2 rings (SSSR count). The van der Waals surface area contributed by atoms with Crippen molar-refractivity contribution in [2.45, 2.75) is 25.8 Å². The Bertz CT molecular complexity index is 497. The van der Waals surface area contributed by atoms with Crippen molar-refractivity contribution in [2.75, 3.05) is 33.9 Å². The van der Waals surface area contributed by atoms with Crippen LogP contribution in [0.5, 0.6) is 5.75 Å². The molecule has 1 aliphatic rings. The molecule has 0 bridgehead atoms. The minimum absolute atomic E-state index is 0.220. The fourth-order valence-electron chi connectivity index (χ4n) is 2.85. The predicted octanol–water partition coefficient (Wildman–Crippen LogP) is 2.64. The third-order valence-corrected chi connectivity index (χ3v) is 4.21. The van der Waals surface area contributed by atoms with E-state index in [0.717, 1.165) is 50.6 Å². The zero-order valence-electron chi connectivity index (χ0n) is 13.4. The van der Waals surface area contributed by atoms with Crippen molar-refractivity contribution >= 4 is 5.97 Å². The second kappa shape index (κ2) is 8.15. The molecule has 1 fully saturated rings. The van der Waals surface area contributed by atoms with Gasteiger partial charge in [-0.15, -0.1) is 0 Å². The van der Waals surface area contributed by atoms with Gasteiger partial charge in [-0.3, -0.25) is 0 Å². The molecule has 0 radical (unpaired) electrons. The van der Waals surface area contributed by atoms with E-state index in [4.69, 9.17) is 9.47 Å². The smallest absolute Gasteiger partial charge is 0.339 e. The van der Waals surface area contributed by atoms with Crippen LogP contribution in [0.4, 0.5) is 0 Å². The van der Waals surface area contributed by atoms with E-state index in [0.29, 0.717) is 5.75 Å². The highest BCUT2D eigenvalue weighted by Crippen LogP contribution is 2.22. The van der Waals surface area contributed by atoms with E-state index >= 15 is 0 Å². The molecule has 22 heavy (non-hydrogen) atoms. The van der Waals surface area contributed by atoms with Crippen LogP contribution in [0, 0.1) is 5.92 Å². The van der Waals surface area contributed by atoms with Crippen LogP contribution in [-0.2, 0) is 11.3 Å². The van der Waals surface area contributed by atoms with Crippen LogP contribution in [0.1, 0.15) is 35.2 Å². The van der Waals surface area contributed by atoms with Gasteiger partial charge in [0.2, 0.25) is 0 Å². The van der Waals surface area contributed by atoms with E-state index in [1.807, 2.05) is 6.07 Å². The van der Waals surface area contributed by atoms with Crippen molar-refractivity contribution in [1.82, 2.24) is 4.90 Å². The topological polar surface area (TPSA) is 59.0 Å². The zero-order valence-corrected chi connectivity index (χ0v) is 13.4. The monoisotopic (exact) mass is 307 g/mol. The van der Waals surface area contributed by atoms with Gasteiger partial charge in [0.25, 0.3) is 0 Å². The van der Waals surface area contributed by atoms with Gasteiger partial charge in [-0.05, 0) is 56.5 Å². The fourth-order valence-corrected chi connectivity index (χ4v) is 2.85. The Labute approximate surface area is 131 Å². The number of benzene rings is 1. The number of hydrogen-bond donors (Lipinski definition) is 1. The SMILES string of the molecule is COc1ccc(CN(C)CCC2CCOCC2)cc1C(=O)O. The summed E-state index contributed by atoms with van der Waals surface area (Å²) < 4.78 is 10.5. The van der Waals surface area contributed by atoms with Crippen LogP contribution in [-0.4, -0.2) is 49.9 Å². The van der Waals surface area contributed by atoms with Gasteiger partial charge in [0.05, 0.1) is 7.11 Å². The first-order chi connectivity index (χ1) is 10.6. The van der Waals surface area contributed by atoms with Crippen LogP contribution in [0.2, 0.25) is 0 Å². The van der Waals surface area contributed by atoms with E-state index in [1.54, 1.807) is 12.1 Å². The number of aromatic carboxylic acids is 1. The summed E-state index contributed by atoms with van der Waals surface area (Å²) in [5.41, 5.74) is 1.21. The first kappa shape index (κ1) is 16.8. The highest BCUT2D eigenvalue weighted by molar-refractivity contribution is 5.91. The van der Waals surface area contributed by atoms with Crippen LogP contribution >= 0.6 is 0 Å². The molecule has 0 amide bonds. The molecule has 122 valence electrons. The largest absolute Gasteiger partial charge is 0.496 e. The molecule has 1 N–H and O–H groups in total. The molecular weight excluding hydrogens is 282 g/mol. The number of methoxy groups -OCH3 is 1. The Morgan fingerprint density at radius 3 is 2.77 bits per heavy atom. The van der Waals surface area contributed by atoms with Gasteiger partial charge in [0.1, 0.15) is 11.3 Å². The number of carbonyl (C=O) groups is 1. The zero-order chi connectivity index (χ0) is 15.9. The predicted molar refractivity (Wildman–Crippen MR) is 84.4 cm³/mol. The maximum absolute atomic E-state index is 11.2. The first-order valence-corrected chi connectivity index (χ1v) is 7.76. The van der Waals surface area contributed by atoms with Crippen LogP contribution in [0.3, 0.4) is 0 Å². The standard InChI is InChI=1S/C17H25NO4/c1-18(8-5-13-6-9-22-10-7-13)12-14-3-4-16(21-2)15(11-14)17(19)20/h3-4,11,13H,5-10,12H2,1-2H3,(H,19,20). The molecule has 1 aliphatic heterocycles. The van der Waals surface area contributed by atoms with Crippen molar-refractivity contribution < 1.29 is 19.4 Å². The second-order valence-corrected chi connectivity index (χ2v) is 5.92. The van der Waals surface area contributed by atoms with E-state index in [9.17, 15) is 9.90 Å². The third kappa shape index (κ3) is 4.71. The molecule has 0 aliphatic carbocycles. The molecule has 1 heterocycles. The summed E-state index contributed by atoms with van der Waals surface area (Å²) in [5.74, 6) is 0.200. The summed E-state index contributed by atoms with van der Waals surface area (Å²) in [5, 5.41) is 9.22. The quantitative estimate of drug-likeness (QED) is 0.839. The van der Waals surface area contributed by atoms with Crippen LogP contribution in [0.25, 0.3) is 0 Å². The van der Waals surface area contributed by atoms with Crippen LogP contribution in [0.15, 0.2) is 18.2 Å². The lowest BCUT2D eigenvalue weighted by atomic mass is 9.96. The average molecular weight is 307 g/mol. The van der Waals surface area contributed by atoms with Gasteiger partial charge >= 0.3 is 5.97 Å². The highest BCUT2D eigenvalue weighted by atomic mass is 16.5. The molecule has 0 unspecified atom stereocenters. The molecular formula is C17H25NO4. The molecule has 1 saturated heterocycles. The van der Waals surface area contributed by atoms with Crippen molar-refractivity contribution in [1.29, 1.82) is 0 Å². The van der Waals surface area contributed by atoms with E-state index < -0.39 is 5.97 Å². The summed E-state index contributed by atoms with van der Waals surface area (Å²) in [6.45, 7) is 3.52. The molecule has 0 spiro atoms. The Balaban J connectivity index is 1.89. The summed E-state index contributed by atoms with van der Waals surface area (Å²) in [6.07, 6.45) is 3.47. The average Bonchev–Trinajstić information content (AvgIpc) is 2.54. The summed E-state index contributed by atoms with van der Waals surface area (Å²) >= 11 is 0. The highest BCUT2D eigenvalue weighted by Gasteiger charge is 2.15. The van der Waals surface area contributed by atoms with Gasteiger partial charge in [0, 0.05) is 19.8 Å². The molecule has 0 atom stereocenters. The number of ether oxygens (including phenoxy) is 2. The van der Waals surface area contributed by atoms with Crippen molar-refractivity contribution in [3.8, 4) is 5.75 Å². The Hall–Kier alpha value is -1.59. The Kier molecular flexibility index (Phi) is 6.21. The van der Waals surface area contributed by atoms with Gasteiger partial charge in [-0.1, -0.05) is 6.07 Å². The fraction of sp³-hybridized carbons (Fsp3) is 0.588. The Morgan fingerprint density at radius 1 is 1.41 bits per heavy atom. The lowest BCUT2D eigenvalue weighted by Crippen LogP contribution is -2.24. The van der Waals surface area contributed by atoms with Crippen molar-refractivity contribution in [3.05, 3.63) is 29.3 Å². The summed E-state index contributed by atoms with van der Waals surface area (Å²) in [7, 11) is 3.56. The van der Waals surface area contributed by atoms with Crippen LogP contribution < -0.4 is 4.74 Å². The molecule has 1 aromatic carbocycles. The van der Waals surface area contributed by atoms with Gasteiger partial charge in [-0.2, -0.15) is 0 Å². The van der Waals surface area contributed by atoms with Gasteiger partial charge in [-0.25, -0.2) is 4.79 Å². The number of carboxylic acids is 1. The number of nitrogens with zero attached hydrogens (tertiary/aromatic N) is 1. The molecule has 0 aromatic heterocycles. The molecule has 1 aromatic rings. The molecule has 5 heteroatoms. The maximum Gasteiger partial charge on any atom is 0.339 e. The summed E-state index contributed by atoms with van der Waals surface area (Å²) in [4.78, 5) is 13.5. The van der Waals surface area contributed by atoms with Gasteiger partial charge in [0.15, 0.2) is 0 Å². The molecule has 0 saturated carbocycles. The van der Waals surface area contributed by atoms with Crippen molar-refractivity contribution in [2.24, 2.45) is 5.92 Å². The number of hydrogen-bond acceptors (Lipinski definition) is 4. The second-order valence-electron chi connectivity index (χ2n) is 5.92. The first-order valence-electron chi connectivity index (χ1n) is 7.76. The van der Waals surface area contributed by atoms with Crippen molar-refractivity contribution in [3.63, 3.8) is 0 Å². The van der Waals surface area contributed by atoms with E-state index in [1.165, 1.54) is 13.5 Å². The minimum Gasteiger partial charge on any atom is -0.496 e. The normalized spacial score (nSPS) is 16.0. The maximum atomic E-state index is 11.2. The Morgan fingerprint density at radius 2 is 2.14 bits per heavy atom. The lowest BCUT2D eigenvalue weighted by Gasteiger charge is -2.25.